The fraction of sp³-hybridized carbons (Fsp3) is 0.385. The third-order valence-corrected chi connectivity index (χ3v) is 2.69. The average Bonchev–Trinajstić information content (AvgIpc) is 2.38. The molecule has 6 nitrogen and oxygen atoms in total. The average molecular weight is 302 g/mol. The van der Waals surface area contributed by atoms with Gasteiger partial charge in [0.1, 0.15) is 11.3 Å². The fourth-order valence-corrected chi connectivity index (χ4v) is 1.60. The van der Waals surface area contributed by atoms with Crippen LogP contribution in [0.2, 0.25) is 5.02 Å². The van der Waals surface area contributed by atoms with Crippen molar-refractivity contribution < 1.29 is 24.2 Å². The topological polar surface area (TPSA) is 84.9 Å². The monoisotopic (exact) mass is 301 g/mol. The smallest absolute Gasteiger partial charge is 0.339 e. The molecule has 20 heavy (non-hydrogen) atoms. The van der Waals surface area contributed by atoms with Gasteiger partial charge in [0, 0.05) is 18.7 Å². The number of aromatic carboxylic acids is 1. The highest BCUT2D eigenvalue weighted by Gasteiger charge is 2.18. The van der Waals surface area contributed by atoms with Gasteiger partial charge in [-0.1, -0.05) is 11.6 Å². The first-order valence-corrected chi connectivity index (χ1v) is 6.29. The van der Waals surface area contributed by atoms with Gasteiger partial charge in [-0.15, -0.1) is 0 Å². The first-order valence-electron chi connectivity index (χ1n) is 5.92. The van der Waals surface area contributed by atoms with Crippen molar-refractivity contribution >= 4 is 23.5 Å². The Morgan fingerprint density at radius 3 is 2.75 bits per heavy atom. The summed E-state index contributed by atoms with van der Waals surface area (Å²) in [5.41, 5.74) is -0.0501. The van der Waals surface area contributed by atoms with Gasteiger partial charge < -0.3 is 19.9 Å². The zero-order chi connectivity index (χ0) is 15.1. The van der Waals surface area contributed by atoms with Crippen LogP contribution in [-0.2, 0) is 9.53 Å². The van der Waals surface area contributed by atoms with Crippen molar-refractivity contribution in [3.63, 3.8) is 0 Å². The summed E-state index contributed by atoms with van der Waals surface area (Å²) >= 11 is 5.80. The van der Waals surface area contributed by atoms with Crippen LogP contribution in [0.15, 0.2) is 18.2 Å². The van der Waals surface area contributed by atoms with Crippen molar-refractivity contribution in [3.8, 4) is 5.75 Å². The van der Waals surface area contributed by atoms with E-state index in [4.69, 9.17) is 26.2 Å². The number of halogens is 1. The Morgan fingerprint density at radius 1 is 1.45 bits per heavy atom. The van der Waals surface area contributed by atoms with E-state index in [-0.39, 0.29) is 17.2 Å². The lowest BCUT2D eigenvalue weighted by atomic mass is 10.2. The molecule has 7 heteroatoms. The number of benzene rings is 1. The molecule has 0 bridgehead atoms. The summed E-state index contributed by atoms with van der Waals surface area (Å²) in [7, 11) is 1.52. The van der Waals surface area contributed by atoms with Crippen molar-refractivity contribution in [3.05, 3.63) is 28.8 Å². The zero-order valence-electron chi connectivity index (χ0n) is 11.2. The van der Waals surface area contributed by atoms with Crippen LogP contribution < -0.4 is 10.1 Å². The Labute approximate surface area is 121 Å². The van der Waals surface area contributed by atoms with Gasteiger partial charge in [-0.2, -0.15) is 0 Å². The molecule has 0 heterocycles. The van der Waals surface area contributed by atoms with E-state index in [1.165, 1.54) is 32.2 Å². The van der Waals surface area contributed by atoms with Gasteiger partial charge in [0.05, 0.1) is 6.61 Å². The van der Waals surface area contributed by atoms with Crippen molar-refractivity contribution in [2.45, 2.75) is 13.0 Å². The number of amides is 1. The second-order valence-electron chi connectivity index (χ2n) is 3.99. The third-order valence-electron chi connectivity index (χ3n) is 2.45. The molecule has 2 N–H and O–H groups in total. The van der Waals surface area contributed by atoms with Crippen LogP contribution in [-0.4, -0.2) is 43.3 Å². The van der Waals surface area contributed by atoms with Gasteiger partial charge in [-0.25, -0.2) is 4.79 Å². The van der Waals surface area contributed by atoms with E-state index in [0.29, 0.717) is 18.2 Å². The van der Waals surface area contributed by atoms with Crippen molar-refractivity contribution in [2.75, 3.05) is 20.3 Å². The molecule has 1 unspecified atom stereocenters. The highest BCUT2D eigenvalue weighted by Crippen LogP contribution is 2.24. The first kappa shape index (κ1) is 16.3. The standard InChI is InChI=1S/C13H16ClNO5/c1-8(12(16)15-5-6-19-2)20-11-7-9(14)3-4-10(11)13(17)18/h3-4,7-8H,5-6H2,1-2H3,(H,15,16)(H,17,18). The quantitative estimate of drug-likeness (QED) is 0.747. The molecule has 1 aromatic rings. The minimum Gasteiger partial charge on any atom is -0.480 e. The van der Waals surface area contributed by atoms with Gasteiger partial charge in [-0.3, -0.25) is 4.79 Å². The van der Waals surface area contributed by atoms with E-state index in [2.05, 4.69) is 5.32 Å². The van der Waals surface area contributed by atoms with Crippen LogP contribution >= 0.6 is 11.6 Å². The molecule has 0 aliphatic heterocycles. The minimum absolute atomic E-state index is 0.0501. The number of rotatable bonds is 7. The number of carboxylic acids is 1. The number of hydrogen-bond donors (Lipinski definition) is 2. The van der Waals surface area contributed by atoms with Crippen LogP contribution in [0.1, 0.15) is 17.3 Å². The maximum Gasteiger partial charge on any atom is 0.339 e. The van der Waals surface area contributed by atoms with Crippen LogP contribution in [0, 0.1) is 0 Å². The van der Waals surface area contributed by atoms with Crippen LogP contribution in [0.5, 0.6) is 5.75 Å². The van der Waals surface area contributed by atoms with E-state index >= 15 is 0 Å². The highest BCUT2D eigenvalue weighted by molar-refractivity contribution is 6.30. The minimum atomic E-state index is -1.15. The lowest BCUT2D eigenvalue weighted by Gasteiger charge is -2.16. The lowest BCUT2D eigenvalue weighted by Crippen LogP contribution is -2.38. The van der Waals surface area contributed by atoms with E-state index < -0.39 is 12.1 Å². The molecule has 0 saturated carbocycles. The largest absolute Gasteiger partial charge is 0.480 e. The molecular formula is C13H16ClNO5. The van der Waals surface area contributed by atoms with Gasteiger partial charge in [0.15, 0.2) is 6.10 Å². The second kappa shape index (κ2) is 7.72. The number of nitrogens with one attached hydrogen (secondary N) is 1. The maximum absolute atomic E-state index is 11.7. The van der Waals surface area contributed by atoms with Gasteiger partial charge in [0.25, 0.3) is 5.91 Å². The molecule has 1 aromatic carbocycles. The van der Waals surface area contributed by atoms with E-state index in [1.54, 1.807) is 0 Å². The first-order chi connectivity index (χ1) is 9.45. The summed E-state index contributed by atoms with van der Waals surface area (Å²) in [6.07, 6.45) is -0.844. The summed E-state index contributed by atoms with van der Waals surface area (Å²) in [4.78, 5) is 22.8. The summed E-state index contributed by atoms with van der Waals surface area (Å²) in [5, 5.41) is 12.0. The molecule has 0 aliphatic carbocycles. The molecule has 110 valence electrons. The zero-order valence-corrected chi connectivity index (χ0v) is 11.9. The number of carbonyl (C=O) groups is 2. The molecule has 0 aliphatic rings. The number of ether oxygens (including phenoxy) is 2. The molecule has 1 rings (SSSR count). The van der Waals surface area contributed by atoms with Crippen LogP contribution in [0.25, 0.3) is 0 Å². The number of hydrogen-bond acceptors (Lipinski definition) is 4. The Hall–Kier alpha value is -1.79. The lowest BCUT2D eigenvalue weighted by molar-refractivity contribution is -0.127. The maximum atomic E-state index is 11.7. The van der Waals surface area contributed by atoms with Gasteiger partial charge in [0.2, 0.25) is 0 Å². The van der Waals surface area contributed by atoms with Crippen molar-refractivity contribution in [2.24, 2.45) is 0 Å². The van der Waals surface area contributed by atoms with Crippen molar-refractivity contribution in [1.29, 1.82) is 0 Å². The summed E-state index contributed by atoms with van der Waals surface area (Å²) < 4.78 is 10.2. The van der Waals surface area contributed by atoms with Gasteiger partial charge in [-0.05, 0) is 25.1 Å². The summed E-state index contributed by atoms with van der Waals surface area (Å²) in [6, 6.07) is 4.14. The van der Waals surface area contributed by atoms with Gasteiger partial charge >= 0.3 is 5.97 Å². The molecule has 1 atom stereocenters. The molecule has 0 radical (unpaired) electrons. The van der Waals surface area contributed by atoms with E-state index in [1.807, 2.05) is 0 Å². The molecule has 0 spiro atoms. The molecule has 0 aromatic heterocycles. The summed E-state index contributed by atoms with van der Waals surface area (Å²) in [6.45, 7) is 2.26. The summed E-state index contributed by atoms with van der Waals surface area (Å²) in [5.74, 6) is -1.46. The molecule has 0 saturated heterocycles. The molecule has 1 amide bonds. The number of carbonyl (C=O) groups excluding carboxylic acids is 1. The number of methoxy groups -OCH3 is 1. The predicted octanol–water partition coefficient (Wildman–Crippen LogP) is 1.57. The van der Waals surface area contributed by atoms with E-state index in [0.717, 1.165) is 0 Å². The van der Waals surface area contributed by atoms with E-state index in [9.17, 15) is 9.59 Å². The Balaban J connectivity index is 2.74. The molecular weight excluding hydrogens is 286 g/mol. The Bertz CT molecular complexity index is 492. The van der Waals surface area contributed by atoms with Crippen molar-refractivity contribution in [1.82, 2.24) is 5.32 Å². The Kier molecular flexibility index (Phi) is 6.27. The third kappa shape index (κ3) is 4.71. The van der Waals surface area contributed by atoms with Crippen LogP contribution in [0.3, 0.4) is 0 Å². The Morgan fingerprint density at radius 2 is 2.15 bits per heavy atom. The second-order valence-corrected chi connectivity index (χ2v) is 4.43. The number of carboxylic acid groups (broad SMARTS) is 1. The molecule has 0 fully saturated rings. The normalized spacial score (nSPS) is 11.8. The SMILES string of the molecule is COCCNC(=O)C(C)Oc1cc(Cl)ccc1C(=O)O. The fourth-order valence-electron chi connectivity index (χ4n) is 1.43. The highest BCUT2D eigenvalue weighted by atomic mass is 35.5. The van der Waals surface area contributed by atoms with Crippen LogP contribution in [0.4, 0.5) is 0 Å². The predicted molar refractivity (Wildman–Crippen MR) is 73.4 cm³/mol.